The molecule has 1 fully saturated rings. The molecule has 8 heteroatoms. The van der Waals surface area contributed by atoms with Gasteiger partial charge in [0, 0.05) is 18.9 Å². The highest BCUT2D eigenvalue weighted by atomic mass is 32.1. The predicted octanol–water partition coefficient (Wildman–Crippen LogP) is 1.60. The van der Waals surface area contributed by atoms with Gasteiger partial charge >= 0.3 is 5.97 Å². The van der Waals surface area contributed by atoms with Gasteiger partial charge in [-0.3, -0.25) is 4.79 Å². The number of carboxylic acids is 1. The second-order valence-corrected chi connectivity index (χ2v) is 6.00. The van der Waals surface area contributed by atoms with E-state index in [1.807, 2.05) is 0 Å². The Morgan fingerprint density at radius 1 is 1.36 bits per heavy atom. The van der Waals surface area contributed by atoms with Gasteiger partial charge in [0.2, 0.25) is 0 Å². The molecule has 3 rings (SSSR count). The van der Waals surface area contributed by atoms with Gasteiger partial charge in [0.25, 0.3) is 5.91 Å². The highest BCUT2D eigenvalue weighted by Gasteiger charge is 2.36. The van der Waals surface area contributed by atoms with Crippen LogP contribution in [0.3, 0.4) is 0 Å². The minimum atomic E-state index is -0.959. The average Bonchev–Trinajstić information content (AvgIpc) is 3.14. The van der Waals surface area contributed by atoms with Crippen LogP contribution in [0.15, 0.2) is 18.5 Å². The Morgan fingerprint density at radius 2 is 2.09 bits per heavy atom. The fraction of sp³-hybridized carbons (Fsp3) is 0.357. The molecule has 1 N–H and O–H groups in total. The van der Waals surface area contributed by atoms with Crippen molar-refractivity contribution < 1.29 is 14.7 Å². The van der Waals surface area contributed by atoms with Gasteiger partial charge in [0.05, 0.1) is 5.69 Å². The SMILES string of the molecule is Cc1nc(-c2ncccn2)sc1C(=O)N1CCC[C@@H]1C(=O)O. The van der Waals surface area contributed by atoms with Crippen molar-refractivity contribution in [2.45, 2.75) is 25.8 Å². The number of aromatic nitrogens is 3. The third kappa shape index (κ3) is 2.57. The number of carbonyl (C=O) groups is 2. The number of carbonyl (C=O) groups excluding carboxylic acids is 1. The minimum absolute atomic E-state index is 0.276. The van der Waals surface area contributed by atoms with Crippen LogP contribution in [-0.2, 0) is 4.79 Å². The third-order valence-corrected chi connectivity index (χ3v) is 4.69. The van der Waals surface area contributed by atoms with E-state index in [9.17, 15) is 14.7 Å². The fourth-order valence-electron chi connectivity index (χ4n) is 2.50. The van der Waals surface area contributed by atoms with E-state index in [1.54, 1.807) is 25.4 Å². The van der Waals surface area contributed by atoms with Crippen LogP contribution in [0.2, 0.25) is 0 Å². The van der Waals surface area contributed by atoms with Crippen molar-refractivity contribution in [2.75, 3.05) is 6.54 Å². The van der Waals surface area contributed by atoms with E-state index < -0.39 is 12.0 Å². The highest BCUT2D eigenvalue weighted by Crippen LogP contribution is 2.29. The predicted molar refractivity (Wildman–Crippen MR) is 79.6 cm³/mol. The molecule has 0 unspecified atom stereocenters. The molecule has 2 aromatic heterocycles. The van der Waals surface area contributed by atoms with Gasteiger partial charge in [0.1, 0.15) is 10.9 Å². The number of nitrogens with zero attached hydrogens (tertiary/aromatic N) is 4. The quantitative estimate of drug-likeness (QED) is 0.923. The Hall–Kier alpha value is -2.35. The molecule has 1 aliphatic rings. The third-order valence-electron chi connectivity index (χ3n) is 3.55. The number of aryl methyl sites for hydroxylation is 1. The number of hydrogen-bond donors (Lipinski definition) is 1. The zero-order chi connectivity index (χ0) is 15.7. The molecule has 0 bridgehead atoms. The number of rotatable bonds is 3. The minimum Gasteiger partial charge on any atom is -0.480 e. The first kappa shape index (κ1) is 14.6. The molecule has 1 amide bonds. The van der Waals surface area contributed by atoms with Crippen LogP contribution in [0, 0.1) is 6.92 Å². The van der Waals surface area contributed by atoms with E-state index in [0.29, 0.717) is 40.8 Å². The normalized spacial score (nSPS) is 17.7. The Bertz CT molecular complexity index is 716. The monoisotopic (exact) mass is 318 g/mol. The van der Waals surface area contributed by atoms with Gasteiger partial charge < -0.3 is 10.0 Å². The van der Waals surface area contributed by atoms with Crippen LogP contribution in [0.25, 0.3) is 10.8 Å². The van der Waals surface area contributed by atoms with Crippen LogP contribution in [0.5, 0.6) is 0 Å². The van der Waals surface area contributed by atoms with Gasteiger partial charge in [-0.25, -0.2) is 19.7 Å². The van der Waals surface area contributed by atoms with Crippen LogP contribution in [0.1, 0.15) is 28.2 Å². The zero-order valence-corrected chi connectivity index (χ0v) is 12.7. The summed E-state index contributed by atoms with van der Waals surface area (Å²) in [5, 5.41) is 9.77. The molecule has 0 aliphatic carbocycles. The summed E-state index contributed by atoms with van der Waals surface area (Å²) in [6, 6.07) is 0.961. The Morgan fingerprint density at radius 3 is 2.77 bits per heavy atom. The molecule has 1 atom stereocenters. The van der Waals surface area contributed by atoms with Gasteiger partial charge in [-0.2, -0.15) is 0 Å². The number of hydrogen-bond acceptors (Lipinski definition) is 6. The molecule has 0 spiro atoms. The Balaban J connectivity index is 1.91. The van der Waals surface area contributed by atoms with Crippen molar-refractivity contribution in [3.05, 3.63) is 29.0 Å². The lowest BCUT2D eigenvalue weighted by Crippen LogP contribution is -2.40. The van der Waals surface area contributed by atoms with Crippen LogP contribution in [-0.4, -0.2) is 49.4 Å². The lowest BCUT2D eigenvalue weighted by molar-refractivity contribution is -0.141. The fourth-order valence-corrected chi connectivity index (χ4v) is 3.47. The second-order valence-electron chi connectivity index (χ2n) is 5.00. The summed E-state index contributed by atoms with van der Waals surface area (Å²) in [6.45, 7) is 2.20. The van der Waals surface area contributed by atoms with Crippen molar-refractivity contribution in [2.24, 2.45) is 0 Å². The van der Waals surface area contributed by atoms with Crippen molar-refractivity contribution in [3.63, 3.8) is 0 Å². The Kier molecular flexibility index (Phi) is 3.84. The zero-order valence-electron chi connectivity index (χ0n) is 11.9. The van der Waals surface area contributed by atoms with Crippen LogP contribution >= 0.6 is 11.3 Å². The van der Waals surface area contributed by atoms with E-state index in [0.717, 1.165) is 0 Å². The molecule has 0 radical (unpaired) electrons. The first-order valence-electron chi connectivity index (χ1n) is 6.86. The van der Waals surface area contributed by atoms with E-state index in [-0.39, 0.29) is 5.91 Å². The number of aliphatic carboxylic acids is 1. The molecule has 7 nitrogen and oxygen atoms in total. The standard InChI is InChI=1S/C14H14N4O3S/c1-8-10(13(19)18-7-2-4-9(18)14(20)21)22-12(17-8)11-15-5-3-6-16-11/h3,5-6,9H,2,4,7H2,1H3,(H,20,21)/t9-/m1/s1. The van der Waals surface area contributed by atoms with Crippen molar-refractivity contribution in [1.82, 2.24) is 19.9 Å². The second kappa shape index (κ2) is 5.80. The molecule has 114 valence electrons. The molecule has 3 heterocycles. The first-order chi connectivity index (χ1) is 10.6. The molecule has 0 saturated carbocycles. The topological polar surface area (TPSA) is 96.3 Å². The van der Waals surface area contributed by atoms with E-state index in [1.165, 1.54) is 16.2 Å². The first-order valence-corrected chi connectivity index (χ1v) is 7.68. The maximum atomic E-state index is 12.6. The van der Waals surface area contributed by atoms with E-state index in [2.05, 4.69) is 15.0 Å². The molecule has 0 aromatic carbocycles. The maximum absolute atomic E-state index is 12.6. The number of thiazole rings is 1. The number of amides is 1. The summed E-state index contributed by atoms with van der Waals surface area (Å²) in [5.41, 5.74) is 0.577. The van der Waals surface area contributed by atoms with Crippen molar-refractivity contribution in [1.29, 1.82) is 0 Å². The van der Waals surface area contributed by atoms with Crippen molar-refractivity contribution in [3.8, 4) is 10.8 Å². The summed E-state index contributed by atoms with van der Waals surface area (Å²) in [7, 11) is 0. The smallest absolute Gasteiger partial charge is 0.326 e. The number of likely N-dealkylation sites (tertiary alicyclic amines) is 1. The largest absolute Gasteiger partial charge is 0.480 e. The molecule has 1 aliphatic heterocycles. The lowest BCUT2D eigenvalue weighted by atomic mass is 10.2. The summed E-state index contributed by atoms with van der Waals surface area (Å²) >= 11 is 1.20. The van der Waals surface area contributed by atoms with Gasteiger partial charge in [0.15, 0.2) is 10.8 Å². The summed E-state index contributed by atoms with van der Waals surface area (Å²) in [6.07, 6.45) is 4.42. The van der Waals surface area contributed by atoms with Crippen LogP contribution < -0.4 is 0 Å². The summed E-state index contributed by atoms with van der Waals surface area (Å²) in [5.74, 6) is -0.771. The molecule has 22 heavy (non-hydrogen) atoms. The summed E-state index contributed by atoms with van der Waals surface area (Å²) < 4.78 is 0. The van der Waals surface area contributed by atoms with E-state index >= 15 is 0 Å². The van der Waals surface area contributed by atoms with Gasteiger partial charge in [-0.15, -0.1) is 11.3 Å². The molecule has 1 saturated heterocycles. The lowest BCUT2D eigenvalue weighted by Gasteiger charge is -2.20. The summed E-state index contributed by atoms with van der Waals surface area (Å²) in [4.78, 5) is 38.3. The Labute approximate surface area is 130 Å². The highest BCUT2D eigenvalue weighted by molar-refractivity contribution is 7.17. The van der Waals surface area contributed by atoms with E-state index in [4.69, 9.17) is 0 Å². The average molecular weight is 318 g/mol. The van der Waals surface area contributed by atoms with Crippen LogP contribution in [0.4, 0.5) is 0 Å². The molecular formula is C14H14N4O3S. The molecule has 2 aromatic rings. The van der Waals surface area contributed by atoms with Gasteiger partial charge in [-0.05, 0) is 25.8 Å². The maximum Gasteiger partial charge on any atom is 0.326 e. The number of carboxylic acid groups (broad SMARTS) is 1. The van der Waals surface area contributed by atoms with Crippen molar-refractivity contribution >= 4 is 23.2 Å². The molecular weight excluding hydrogens is 304 g/mol. The van der Waals surface area contributed by atoms with Gasteiger partial charge in [-0.1, -0.05) is 0 Å².